The fourth-order valence-corrected chi connectivity index (χ4v) is 1.49. The van der Waals surface area contributed by atoms with Gasteiger partial charge in [-0.3, -0.25) is 14.9 Å². The van der Waals surface area contributed by atoms with Gasteiger partial charge in [-0.15, -0.1) is 0 Å². The second kappa shape index (κ2) is 6.25. The molecule has 0 bridgehead atoms. The van der Waals surface area contributed by atoms with E-state index in [2.05, 4.69) is 5.32 Å². The van der Waals surface area contributed by atoms with Crippen LogP contribution in [0, 0.1) is 10.1 Å². The zero-order chi connectivity index (χ0) is 13.7. The van der Waals surface area contributed by atoms with Gasteiger partial charge in [-0.05, 0) is 18.4 Å². The van der Waals surface area contributed by atoms with Crippen LogP contribution in [-0.4, -0.2) is 34.0 Å². The first-order valence-corrected chi connectivity index (χ1v) is 6.53. The largest absolute Gasteiger partial charge is 0.502 e. The molecule has 1 rings (SSSR count). The number of nitro groups is 1. The van der Waals surface area contributed by atoms with Crippen LogP contribution in [0.1, 0.15) is 17.3 Å². The number of nitro benzene ring substituents is 1. The van der Waals surface area contributed by atoms with Crippen molar-refractivity contribution < 1.29 is 14.8 Å². The van der Waals surface area contributed by atoms with Gasteiger partial charge in [0.1, 0.15) is 0 Å². The van der Waals surface area contributed by atoms with Gasteiger partial charge < -0.3 is 10.4 Å². The van der Waals surface area contributed by atoms with Gasteiger partial charge in [0.05, 0.1) is 4.92 Å². The summed E-state index contributed by atoms with van der Waals surface area (Å²) in [5, 5.41) is 22.9. The van der Waals surface area contributed by atoms with Gasteiger partial charge in [0.15, 0.2) is 5.75 Å². The fraction of sp³-hybridized carbons (Fsp3) is 0.364. The predicted molar refractivity (Wildman–Crippen MR) is 70.1 cm³/mol. The molecular formula is C11H14N2O4S. The van der Waals surface area contributed by atoms with E-state index in [0.717, 1.165) is 12.1 Å². The third-order valence-corrected chi connectivity index (χ3v) is 3.36. The molecule has 0 saturated heterocycles. The van der Waals surface area contributed by atoms with Crippen molar-refractivity contribution >= 4 is 23.4 Å². The van der Waals surface area contributed by atoms with Crippen LogP contribution < -0.4 is 5.32 Å². The van der Waals surface area contributed by atoms with E-state index >= 15 is 0 Å². The lowest BCUT2D eigenvalue weighted by Crippen LogP contribution is -2.29. The van der Waals surface area contributed by atoms with Crippen LogP contribution in [0.3, 0.4) is 0 Å². The molecule has 0 aromatic heterocycles. The topological polar surface area (TPSA) is 92.5 Å². The van der Waals surface area contributed by atoms with Crippen molar-refractivity contribution in [2.24, 2.45) is 0 Å². The van der Waals surface area contributed by atoms with E-state index in [1.807, 2.05) is 13.2 Å². The molecule has 6 nitrogen and oxygen atoms in total. The molecule has 1 amide bonds. The van der Waals surface area contributed by atoms with E-state index in [1.165, 1.54) is 6.07 Å². The molecule has 0 aliphatic carbocycles. The highest BCUT2D eigenvalue weighted by molar-refractivity contribution is 7.99. The van der Waals surface area contributed by atoms with Gasteiger partial charge in [0, 0.05) is 23.4 Å². The Kier molecular flexibility index (Phi) is 4.96. The monoisotopic (exact) mass is 270 g/mol. The number of hydrogen-bond acceptors (Lipinski definition) is 5. The Morgan fingerprint density at radius 2 is 2.28 bits per heavy atom. The first-order chi connectivity index (χ1) is 8.45. The third kappa shape index (κ3) is 3.63. The summed E-state index contributed by atoms with van der Waals surface area (Å²) in [4.78, 5) is 21.5. The van der Waals surface area contributed by atoms with E-state index in [-0.39, 0.29) is 16.7 Å². The average Bonchev–Trinajstić information content (AvgIpc) is 2.34. The molecule has 18 heavy (non-hydrogen) atoms. The number of nitrogens with one attached hydrogen (secondary N) is 1. The number of carbonyl (C=O) groups is 1. The number of carbonyl (C=O) groups excluding carboxylic acids is 1. The van der Waals surface area contributed by atoms with E-state index in [0.29, 0.717) is 6.54 Å². The molecule has 0 fully saturated rings. The Hall–Kier alpha value is -1.76. The number of amides is 1. The maximum Gasteiger partial charge on any atom is 0.310 e. The van der Waals surface area contributed by atoms with E-state index in [9.17, 15) is 20.0 Å². The fourth-order valence-electron chi connectivity index (χ4n) is 1.24. The van der Waals surface area contributed by atoms with Crippen molar-refractivity contribution in [2.75, 3.05) is 12.8 Å². The van der Waals surface area contributed by atoms with Crippen molar-refractivity contribution in [2.45, 2.75) is 12.2 Å². The minimum absolute atomic E-state index is 0.200. The van der Waals surface area contributed by atoms with E-state index in [1.54, 1.807) is 11.8 Å². The Balaban J connectivity index is 2.76. The first-order valence-electron chi connectivity index (χ1n) is 5.24. The normalized spacial score (nSPS) is 11.9. The molecule has 98 valence electrons. The smallest absolute Gasteiger partial charge is 0.310 e. The maximum atomic E-state index is 11.7. The lowest BCUT2D eigenvalue weighted by Gasteiger charge is -2.09. The predicted octanol–water partition coefficient (Wildman–Crippen LogP) is 1.78. The average molecular weight is 270 g/mol. The van der Waals surface area contributed by atoms with Crippen molar-refractivity contribution in [3.63, 3.8) is 0 Å². The molecule has 1 aromatic carbocycles. The molecule has 1 atom stereocenters. The van der Waals surface area contributed by atoms with Crippen molar-refractivity contribution in [1.82, 2.24) is 5.32 Å². The molecule has 0 aliphatic heterocycles. The number of thioether (sulfide) groups is 1. The SMILES string of the molecule is CSC(C)CNC(=O)c1ccc([N+](=O)[O-])c(O)c1. The van der Waals surface area contributed by atoms with Crippen molar-refractivity contribution in [3.05, 3.63) is 33.9 Å². The summed E-state index contributed by atoms with van der Waals surface area (Å²) in [7, 11) is 0. The minimum atomic E-state index is -0.702. The highest BCUT2D eigenvalue weighted by Gasteiger charge is 2.16. The van der Waals surface area contributed by atoms with Crippen LogP contribution in [0.2, 0.25) is 0 Å². The molecule has 2 N–H and O–H groups in total. The maximum absolute atomic E-state index is 11.7. The van der Waals surface area contributed by atoms with E-state index in [4.69, 9.17) is 0 Å². The van der Waals surface area contributed by atoms with Crippen LogP contribution in [-0.2, 0) is 0 Å². The second-order valence-corrected chi connectivity index (χ2v) is 4.99. The van der Waals surface area contributed by atoms with Crippen LogP contribution in [0.5, 0.6) is 5.75 Å². The Bertz CT molecular complexity index is 464. The van der Waals surface area contributed by atoms with Crippen LogP contribution >= 0.6 is 11.8 Å². The van der Waals surface area contributed by atoms with Gasteiger partial charge in [-0.25, -0.2) is 0 Å². The van der Waals surface area contributed by atoms with E-state index < -0.39 is 16.4 Å². The summed E-state index contributed by atoms with van der Waals surface area (Å²) < 4.78 is 0. The lowest BCUT2D eigenvalue weighted by atomic mass is 10.2. The lowest BCUT2D eigenvalue weighted by molar-refractivity contribution is -0.385. The number of phenolic OH excluding ortho intramolecular Hbond substituents is 1. The first kappa shape index (κ1) is 14.3. The standard InChI is InChI=1S/C11H14N2O4S/c1-7(18-2)6-12-11(15)8-3-4-9(13(16)17)10(14)5-8/h3-5,7,14H,6H2,1-2H3,(H,12,15). The molecule has 1 unspecified atom stereocenters. The number of benzene rings is 1. The Labute approximate surface area is 109 Å². The highest BCUT2D eigenvalue weighted by Crippen LogP contribution is 2.26. The molecule has 0 spiro atoms. The molecular weight excluding hydrogens is 256 g/mol. The summed E-state index contributed by atoms with van der Waals surface area (Å²) in [5.41, 5.74) is -0.213. The third-order valence-electron chi connectivity index (χ3n) is 2.39. The highest BCUT2D eigenvalue weighted by atomic mass is 32.2. The summed E-state index contributed by atoms with van der Waals surface area (Å²) in [6.45, 7) is 2.47. The van der Waals surface area contributed by atoms with Crippen LogP contribution in [0.15, 0.2) is 18.2 Å². The van der Waals surface area contributed by atoms with Crippen LogP contribution in [0.25, 0.3) is 0 Å². The zero-order valence-corrected chi connectivity index (χ0v) is 10.9. The summed E-state index contributed by atoms with van der Waals surface area (Å²) in [6.07, 6.45) is 1.94. The molecule has 7 heteroatoms. The molecule has 0 heterocycles. The molecule has 0 saturated carbocycles. The molecule has 0 radical (unpaired) electrons. The van der Waals surface area contributed by atoms with Gasteiger partial charge in [-0.1, -0.05) is 6.92 Å². The Morgan fingerprint density at radius 1 is 1.61 bits per heavy atom. The Morgan fingerprint density at radius 3 is 2.78 bits per heavy atom. The quantitative estimate of drug-likeness (QED) is 0.628. The molecule has 0 aliphatic rings. The summed E-state index contributed by atoms with van der Waals surface area (Å²) in [6, 6.07) is 3.52. The van der Waals surface area contributed by atoms with Crippen molar-refractivity contribution in [3.8, 4) is 5.75 Å². The molecule has 1 aromatic rings. The number of phenols is 1. The van der Waals surface area contributed by atoms with Crippen molar-refractivity contribution in [1.29, 1.82) is 0 Å². The van der Waals surface area contributed by atoms with Gasteiger partial charge in [0.25, 0.3) is 5.91 Å². The number of hydrogen-bond donors (Lipinski definition) is 2. The summed E-state index contributed by atoms with van der Waals surface area (Å²) in [5.74, 6) is -0.869. The number of nitrogens with zero attached hydrogens (tertiary/aromatic N) is 1. The van der Waals surface area contributed by atoms with Gasteiger partial charge >= 0.3 is 5.69 Å². The minimum Gasteiger partial charge on any atom is -0.502 e. The van der Waals surface area contributed by atoms with Gasteiger partial charge in [0.2, 0.25) is 0 Å². The van der Waals surface area contributed by atoms with Crippen LogP contribution in [0.4, 0.5) is 5.69 Å². The van der Waals surface area contributed by atoms with Gasteiger partial charge in [-0.2, -0.15) is 11.8 Å². The zero-order valence-electron chi connectivity index (χ0n) is 10.0. The summed E-state index contributed by atoms with van der Waals surface area (Å²) >= 11 is 1.62. The number of aromatic hydroxyl groups is 1. The second-order valence-electron chi connectivity index (χ2n) is 3.72. The number of rotatable bonds is 5.